The predicted octanol–water partition coefficient (Wildman–Crippen LogP) is 2.61. The average Bonchev–Trinajstić information content (AvgIpc) is 2.77. The van der Waals surface area contributed by atoms with Crippen LogP contribution in [-0.2, 0) is 6.61 Å². The van der Waals surface area contributed by atoms with E-state index in [2.05, 4.69) is 4.98 Å². The second-order valence-corrected chi connectivity index (χ2v) is 3.55. The second kappa shape index (κ2) is 4.88. The number of carbonyl (C=O) groups is 1. The van der Waals surface area contributed by atoms with E-state index in [1.54, 1.807) is 24.3 Å². The molecule has 0 saturated carbocycles. The number of para-hydroxylation sites is 1. The van der Waals surface area contributed by atoms with Crippen LogP contribution in [0.4, 0.5) is 0 Å². The molecule has 0 atom stereocenters. The number of ether oxygens (including phenoxy) is 1. The number of carboxylic acids is 1. The summed E-state index contributed by atoms with van der Waals surface area (Å²) >= 11 is 5.88. The van der Waals surface area contributed by atoms with Crippen LogP contribution in [0.25, 0.3) is 0 Å². The second-order valence-electron chi connectivity index (χ2n) is 3.14. The smallest absolute Gasteiger partial charge is 0.373 e. The molecule has 0 fully saturated rings. The number of carboxylic acid groups (broad SMARTS) is 1. The molecule has 88 valence electrons. The van der Waals surface area contributed by atoms with E-state index in [4.69, 9.17) is 25.9 Å². The van der Waals surface area contributed by atoms with Crippen molar-refractivity contribution in [3.63, 3.8) is 0 Å². The molecule has 0 aliphatic carbocycles. The van der Waals surface area contributed by atoms with Crippen molar-refractivity contribution >= 4 is 17.6 Å². The lowest BCUT2D eigenvalue weighted by Gasteiger charge is -2.04. The number of aromatic carboxylic acids is 1. The van der Waals surface area contributed by atoms with Gasteiger partial charge < -0.3 is 14.3 Å². The Morgan fingerprint density at radius 3 is 2.88 bits per heavy atom. The van der Waals surface area contributed by atoms with Crippen LogP contribution in [0.2, 0.25) is 5.02 Å². The van der Waals surface area contributed by atoms with Gasteiger partial charge in [-0.25, -0.2) is 9.78 Å². The van der Waals surface area contributed by atoms with Crippen molar-refractivity contribution in [3.8, 4) is 5.75 Å². The topological polar surface area (TPSA) is 72.6 Å². The highest BCUT2D eigenvalue weighted by molar-refractivity contribution is 6.32. The van der Waals surface area contributed by atoms with Crippen LogP contribution in [0.5, 0.6) is 5.75 Å². The first kappa shape index (κ1) is 11.5. The van der Waals surface area contributed by atoms with Crippen LogP contribution in [-0.4, -0.2) is 16.1 Å². The SMILES string of the molecule is O=C(O)c1cnc(COc2ccccc2Cl)o1. The Bertz CT molecular complexity index is 538. The Morgan fingerprint density at radius 2 is 2.24 bits per heavy atom. The molecule has 0 spiro atoms. The van der Waals surface area contributed by atoms with Gasteiger partial charge in [0.1, 0.15) is 5.75 Å². The molecule has 0 saturated heterocycles. The fraction of sp³-hybridized carbons (Fsp3) is 0.0909. The third-order valence-corrected chi connectivity index (χ3v) is 2.26. The fourth-order valence-corrected chi connectivity index (χ4v) is 1.37. The van der Waals surface area contributed by atoms with Gasteiger partial charge in [-0.2, -0.15) is 0 Å². The molecule has 0 aliphatic heterocycles. The molecular weight excluding hydrogens is 246 g/mol. The number of oxazole rings is 1. The first-order valence-corrected chi connectivity index (χ1v) is 5.10. The first-order valence-electron chi connectivity index (χ1n) is 4.72. The normalized spacial score (nSPS) is 10.2. The van der Waals surface area contributed by atoms with Gasteiger partial charge in [0.2, 0.25) is 11.7 Å². The lowest BCUT2D eigenvalue weighted by molar-refractivity contribution is 0.0658. The quantitative estimate of drug-likeness (QED) is 0.907. The van der Waals surface area contributed by atoms with Gasteiger partial charge in [0, 0.05) is 0 Å². The van der Waals surface area contributed by atoms with Crippen molar-refractivity contribution in [2.75, 3.05) is 0 Å². The number of aromatic nitrogens is 1. The fourth-order valence-electron chi connectivity index (χ4n) is 1.18. The van der Waals surface area contributed by atoms with Crippen LogP contribution in [0.3, 0.4) is 0 Å². The standard InChI is InChI=1S/C11H8ClNO4/c12-7-3-1-2-4-8(7)16-6-10-13-5-9(17-10)11(14)15/h1-5H,6H2,(H,14,15). The summed E-state index contributed by atoms with van der Waals surface area (Å²) in [5, 5.41) is 9.10. The van der Waals surface area contributed by atoms with E-state index in [1.165, 1.54) is 0 Å². The van der Waals surface area contributed by atoms with Crippen molar-refractivity contribution in [2.24, 2.45) is 0 Å². The molecule has 0 aliphatic rings. The van der Waals surface area contributed by atoms with Crippen molar-refractivity contribution in [1.29, 1.82) is 0 Å². The van der Waals surface area contributed by atoms with Crippen LogP contribution in [0.1, 0.15) is 16.4 Å². The predicted molar refractivity (Wildman–Crippen MR) is 59.2 cm³/mol. The van der Waals surface area contributed by atoms with Crippen molar-refractivity contribution in [3.05, 3.63) is 47.1 Å². The van der Waals surface area contributed by atoms with Gasteiger partial charge in [0.05, 0.1) is 11.2 Å². The summed E-state index contributed by atoms with van der Waals surface area (Å²) in [5.74, 6) is -0.712. The van der Waals surface area contributed by atoms with E-state index in [9.17, 15) is 4.79 Å². The Balaban J connectivity index is 2.02. The van der Waals surface area contributed by atoms with Gasteiger partial charge in [0.25, 0.3) is 0 Å². The minimum absolute atomic E-state index is 0.0248. The number of hydrogen-bond acceptors (Lipinski definition) is 4. The van der Waals surface area contributed by atoms with Crippen LogP contribution in [0.15, 0.2) is 34.9 Å². The van der Waals surface area contributed by atoms with Crippen LogP contribution >= 0.6 is 11.6 Å². The molecule has 1 heterocycles. The molecule has 1 aromatic carbocycles. The summed E-state index contributed by atoms with van der Waals surface area (Å²) in [6, 6.07) is 6.95. The van der Waals surface area contributed by atoms with Crippen molar-refractivity contribution < 1.29 is 19.1 Å². The highest BCUT2D eigenvalue weighted by Crippen LogP contribution is 2.23. The molecule has 1 aromatic heterocycles. The Kier molecular flexibility index (Phi) is 3.30. The van der Waals surface area contributed by atoms with Crippen LogP contribution in [0, 0.1) is 0 Å². The third kappa shape index (κ3) is 2.76. The number of nitrogens with zero attached hydrogens (tertiary/aromatic N) is 1. The van der Waals surface area contributed by atoms with Gasteiger partial charge in [0.15, 0.2) is 6.61 Å². The highest BCUT2D eigenvalue weighted by atomic mass is 35.5. The Labute approximate surface area is 102 Å². The first-order chi connectivity index (χ1) is 8.16. The molecule has 17 heavy (non-hydrogen) atoms. The Morgan fingerprint density at radius 1 is 1.47 bits per heavy atom. The van der Waals surface area contributed by atoms with E-state index < -0.39 is 5.97 Å². The van der Waals surface area contributed by atoms with Gasteiger partial charge in [-0.15, -0.1) is 0 Å². The molecule has 1 N–H and O–H groups in total. The maximum Gasteiger partial charge on any atom is 0.373 e. The van der Waals surface area contributed by atoms with Gasteiger partial charge in [-0.3, -0.25) is 0 Å². The molecule has 0 unspecified atom stereocenters. The van der Waals surface area contributed by atoms with Gasteiger partial charge in [-0.1, -0.05) is 23.7 Å². The van der Waals surface area contributed by atoms with Crippen molar-refractivity contribution in [1.82, 2.24) is 4.98 Å². The zero-order chi connectivity index (χ0) is 12.3. The minimum Gasteiger partial charge on any atom is -0.482 e. The lowest BCUT2D eigenvalue weighted by Crippen LogP contribution is -1.96. The number of halogens is 1. The van der Waals surface area contributed by atoms with E-state index in [0.29, 0.717) is 10.8 Å². The van der Waals surface area contributed by atoms with E-state index in [1.807, 2.05) is 0 Å². The Hall–Kier alpha value is -2.01. The largest absolute Gasteiger partial charge is 0.482 e. The zero-order valence-electron chi connectivity index (χ0n) is 8.59. The molecule has 2 rings (SSSR count). The van der Waals surface area contributed by atoms with E-state index in [0.717, 1.165) is 6.20 Å². The number of rotatable bonds is 4. The minimum atomic E-state index is -1.17. The monoisotopic (exact) mass is 253 g/mol. The van der Waals surface area contributed by atoms with Gasteiger partial charge in [-0.05, 0) is 12.1 Å². The molecule has 0 amide bonds. The summed E-state index contributed by atoms with van der Waals surface area (Å²) in [6.45, 7) is 0.0248. The maximum absolute atomic E-state index is 10.5. The molecule has 5 nitrogen and oxygen atoms in total. The number of benzene rings is 1. The summed E-state index contributed by atoms with van der Waals surface area (Å²) in [7, 11) is 0. The number of hydrogen-bond donors (Lipinski definition) is 1. The average molecular weight is 254 g/mol. The van der Waals surface area contributed by atoms with E-state index in [-0.39, 0.29) is 18.3 Å². The maximum atomic E-state index is 10.5. The summed E-state index contributed by atoms with van der Waals surface area (Å²) < 4.78 is 10.3. The van der Waals surface area contributed by atoms with Crippen molar-refractivity contribution in [2.45, 2.75) is 6.61 Å². The van der Waals surface area contributed by atoms with E-state index >= 15 is 0 Å². The zero-order valence-corrected chi connectivity index (χ0v) is 9.35. The summed E-state index contributed by atoms with van der Waals surface area (Å²) in [6.07, 6.45) is 1.13. The lowest BCUT2D eigenvalue weighted by atomic mass is 10.3. The molecule has 0 radical (unpaired) electrons. The third-order valence-electron chi connectivity index (χ3n) is 1.95. The van der Waals surface area contributed by atoms with Gasteiger partial charge >= 0.3 is 5.97 Å². The molecular formula is C11H8ClNO4. The highest BCUT2D eigenvalue weighted by Gasteiger charge is 2.11. The summed E-state index contributed by atoms with van der Waals surface area (Å²) in [4.78, 5) is 14.3. The molecule has 6 heteroatoms. The summed E-state index contributed by atoms with van der Waals surface area (Å²) in [5.41, 5.74) is 0. The molecule has 2 aromatic rings. The van der Waals surface area contributed by atoms with Crippen LogP contribution < -0.4 is 4.74 Å². The molecule has 0 bridgehead atoms.